The summed E-state index contributed by atoms with van der Waals surface area (Å²) in [7, 11) is 1.61. The first-order valence-corrected chi connectivity index (χ1v) is 7.08. The van der Waals surface area contributed by atoms with Gasteiger partial charge in [0.15, 0.2) is 6.61 Å². The van der Waals surface area contributed by atoms with Gasteiger partial charge in [0, 0.05) is 13.6 Å². The molecule has 0 atom stereocenters. The van der Waals surface area contributed by atoms with Crippen molar-refractivity contribution in [2.24, 2.45) is 5.92 Å². The summed E-state index contributed by atoms with van der Waals surface area (Å²) in [6.07, 6.45) is 0. The Bertz CT molecular complexity index is 433. The highest BCUT2D eigenvalue weighted by Crippen LogP contribution is 2.24. The smallest absolute Gasteiger partial charge is 0.257 e. The minimum absolute atomic E-state index is 0.0587. The fourth-order valence-electron chi connectivity index (χ4n) is 2.08. The molecule has 0 aromatic heterocycles. The lowest BCUT2D eigenvalue weighted by Crippen LogP contribution is -2.25. The van der Waals surface area contributed by atoms with Crippen LogP contribution in [0.3, 0.4) is 0 Å². The van der Waals surface area contributed by atoms with Crippen LogP contribution < -0.4 is 15.4 Å². The number of amides is 1. The monoisotopic (exact) mass is 278 g/mol. The fraction of sp³-hybridized carbons (Fsp3) is 0.562. The minimum Gasteiger partial charge on any atom is -0.483 e. The second-order valence-electron chi connectivity index (χ2n) is 5.55. The number of hydrogen-bond donors (Lipinski definition) is 2. The molecule has 1 aromatic carbocycles. The Balaban J connectivity index is 2.68. The van der Waals surface area contributed by atoms with Crippen molar-refractivity contribution in [3.63, 3.8) is 0 Å². The van der Waals surface area contributed by atoms with Crippen LogP contribution in [0.25, 0.3) is 0 Å². The minimum atomic E-state index is -0.119. The van der Waals surface area contributed by atoms with Crippen molar-refractivity contribution in [1.82, 2.24) is 10.6 Å². The first-order valence-electron chi connectivity index (χ1n) is 7.08. The summed E-state index contributed by atoms with van der Waals surface area (Å²) in [5.74, 6) is 1.33. The zero-order valence-electron chi connectivity index (χ0n) is 13.2. The van der Waals surface area contributed by atoms with Gasteiger partial charge in [-0.2, -0.15) is 0 Å². The highest BCUT2D eigenvalue weighted by Gasteiger charge is 2.08. The summed E-state index contributed by atoms with van der Waals surface area (Å²) in [5.41, 5.74) is 3.37. The Labute approximate surface area is 121 Å². The van der Waals surface area contributed by atoms with Gasteiger partial charge >= 0.3 is 0 Å². The van der Waals surface area contributed by atoms with E-state index >= 15 is 0 Å². The van der Waals surface area contributed by atoms with Crippen LogP contribution in [0.4, 0.5) is 0 Å². The molecule has 0 radical (unpaired) electrons. The van der Waals surface area contributed by atoms with Crippen molar-refractivity contribution in [1.29, 1.82) is 0 Å². The van der Waals surface area contributed by atoms with Crippen molar-refractivity contribution in [2.75, 3.05) is 20.2 Å². The number of carbonyl (C=O) groups is 1. The average Bonchev–Trinajstić information content (AvgIpc) is 2.37. The van der Waals surface area contributed by atoms with Gasteiger partial charge in [-0.25, -0.2) is 0 Å². The number of aryl methyl sites for hydroxylation is 2. The van der Waals surface area contributed by atoms with E-state index < -0.39 is 0 Å². The molecule has 1 rings (SSSR count). The Hall–Kier alpha value is -1.55. The molecule has 4 nitrogen and oxygen atoms in total. The van der Waals surface area contributed by atoms with Crippen molar-refractivity contribution in [3.05, 3.63) is 28.8 Å². The standard InChI is InChI=1S/C16H26N2O2/c1-11(2)8-18-9-14-6-12(3)16(13(4)7-14)20-10-15(19)17-5/h6-7,11,18H,8-10H2,1-5H3,(H,17,19). The van der Waals surface area contributed by atoms with E-state index in [1.807, 2.05) is 13.8 Å². The van der Waals surface area contributed by atoms with Crippen molar-refractivity contribution < 1.29 is 9.53 Å². The molecule has 0 fully saturated rings. The van der Waals surface area contributed by atoms with E-state index in [1.54, 1.807) is 7.05 Å². The molecule has 4 heteroatoms. The summed E-state index contributed by atoms with van der Waals surface area (Å²) in [4.78, 5) is 11.2. The van der Waals surface area contributed by atoms with Crippen LogP contribution in [0.15, 0.2) is 12.1 Å². The summed E-state index contributed by atoms with van der Waals surface area (Å²) < 4.78 is 5.59. The molecule has 20 heavy (non-hydrogen) atoms. The summed E-state index contributed by atoms with van der Waals surface area (Å²) in [6.45, 7) is 10.3. The average molecular weight is 278 g/mol. The third-order valence-electron chi connectivity index (χ3n) is 3.03. The number of hydrogen-bond acceptors (Lipinski definition) is 3. The van der Waals surface area contributed by atoms with Crippen LogP contribution in [0.5, 0.6) is 5.75 Å². The molecular weight excluding hydrogens is 252 g/mol. The molecule has 0 saturated heterocycles. The summed E-state index contributed by atoms with van der Waals surface area (Å²) in [6, 6.07) is 4.22. The maximum absolute atomic E-state index is 11.2. The predicted molar refractivity (Wildman–Crippen MR) is 82.0 cm³/mol. The number of benzene rings is 1. The first-order chi connectivity index (χ1) is 9.43. The molecule has 0 unspecified atom stereocenters. The molecule has 0 aliphatic heterocycles. The van der Waals surface area contributed by atoms with E-state index in [0.29, 0.717) is 5.92 Å². The third-order valence-corrected chi connectivity index (χ3v) is 3.03. The van der Waals surface area contributed by atoms with Gasteiger partial charge in [-0.1, -0.05) is 26.0 Å². The number of rotatable bonds is 7. The molecule has 0 saturated carbocycles. The van der Waals surface area contributed by atoms with Crippen LogP contribution in [-0.4, -0.2) is 26.1 Å². The molecule has 2 N–H and O–H groups in total. The maximum Gasteiger partial charge on any atom is 0.257 e. The SMILES string of the molecule is CNC(=O)COc1c(C)cc(CNCC(C)C)cc1C. The number of carbonyl (C=O) groups excluding carboxylic acids is 1. The third kappa shape index (κ3) is 5.21. The Morgan fingerprint density at radius 3 is 2.35 bits per heavy atom. The van der Waals surface area contributed by atoms with Gasteiger partial charge in [-0.15, -0.1) is 0 Å². The van der Waals surface area contributed by atoms with Gasteiger partial charge < -0.3 is 15.4 Å². The lowest BCUT2D eigenvalue weighted by atomic mass is 10.1. The fourth-order valence-corrected chi connectivity index (χ4v) is 2.08. The molecule has 0 bridgehead atoms. The second kappa shape index (κ2) is 7.90. The maximum atomic E-state index is 11.2. The van der Waals surface area contributed by atoms with E-state index in [2.05, 4.69) is 36.6 Å². The van der Waals surface area contributed by atoms with Crippen molar-refractivity contribution in [2.45, 2.75) is 34.2 Å². The molecule has 112 valence electrons. The highest BCUT2D eigenvalue weighted by atomic mass is 16.5. The van der Waals surface area contributed by atoms with Gasteiger partial charge in [-0.3, -0.25) is 4.79 Å². The summed E-state index contributed by atoms with van der Waals surface area (Å²) in [5, 5.41) is 5.98. The van der Waals surface area contributed by atoms with Crippen molar-refractivity contribution >= 4 is 5.91 Å². The molecule has 0 spiro atoms. The molecule has 1 aromatic rings. The van der Waals surface area contributed by atoms with Gasteiger partial charge in [0.2, 0.25) is 0 Å². The Morgan fingerprint density at radius 2 is 1.85 bits per heavy atom. The van der Waals surface area contributed by atoms with Crippen LogP contribution in [0.2, 0.25) is 0 Å². The van der Waals surface area contributed by atoms with E-state index in [1.165, 1.54) is 5.56 Å². The molecule has 0 heterocycles. The zero-order chi connectivity index (χ0) is 15.1. The van der Waals surface area contributed by atoms with Gasteiger partial charge in [0.05, 0.1) is 0 Å². The van der Waals surface area contributed by atoms with E-state index in [4.69, 9.17) is 4.74 Å². The summed E-state index contributed by atoms with van der Waals surface area (Å²) >= 11 is 0. The topological polar surface area (TPSA) is 50.4 Å². The zero-order valence-corrected chi connectivity index (χ0v) is 13.2. The second-order valence-corrected chi connectivity index (χ2v) is 5.55. The van der Waals surface area contributed by atoms with Gasteiger partial charge in [0.1, 0.15) is 5.75 Å². The van der Waals surface area contributed by atoms with Crippen LogP contribution in [-0.2, 0) is 11.3 Å². The van der Waals surface area contributed by atoms with Crippen LogP contribution in [0.1, 0.15) is 30.5 Å². The van der Waals surface area contributed by atoms with E-state index in [9.17, 15) is 4.79 Å². The molecular formula is C16H26N2O2. The number of nitrogens with one attached hydrogen (secondary N) is 2. The quantitative estimate of drug-likeness (QED) is 0.803. The first kappa shape index (κ1) is 16.5. The van der Waals surface area contributed by atoms with E-state index in [-0.39, 0.29) is 12.5 Å². The van der Waals surface area contributed by atoms with Crippen LogP contribution >= 0.6 is 0 Å². The lowest BCUT2D eigenvalue weighted by Gasteiger charge is -2.14. The lowest BCUT2D eigenvalue weighted by molar-refractivity contribution is -0.122. The van der Waals surface area contributed by atoms with Gasteiger partial charge in [-0.05, 0) is 43.0 Å². The predicted octanol–water partition coefficient (Wildman–Crippen LogP) is 2.17. The molecule has 0 aliphatic rings. The number of likely N-dealkylation sites (N-methyl/N-ethyl adjacent to an activating group) is 1. The molecule has 1 amide bonds. The number of ether oxygens (including phenoxy) is 1. The Kier molecular flexibility index (Phi) is 6.52. The Morgan fingerprint density at radius 1 is 1.25 bits per heavy atom. The largest absolute Gasteiger partial charge is 0.483 e. The molecule has 0 aliphatic carbocycles. The van der Waals surface area contributed by atoms with Crippen LogP contribution in [0, 0.1) is 19.8 Å². The van der Waals surface area contributed by atoms with Gasteiger partial charge in [0.25, 0.3) is 5.91 Å². The normalized spacial score (nSPS) is 10.7. The van der Waals surface area contributed by atoms with E-state index in [0.717, 1.165) is 30.0 Å². The van der Waals surface area contributed by atoms with Crippen molar-refractivity contribution in [3.8, 4) is 5.75 Å². The highest BCUT2D eigenvalue weighted by molar-refractivity contribution is 5.77.